The van der Waals surface area contributed by atoms with Gasteiger partial charge in [-0.1, -0.05) is 40.9 Å². The van der Waals surface area contributed by atoms with Crippen molar-refractivity contribution >= 4 is 56.5 Å². The van der Waals surface area contributed by atoms with Crippen LogP contribution in [0.4, 0.5) is 10.5 Å². The highest BCUT2D eigenvalue weighted by molar-refractivity contribution is 7.88. The average Bonchev–Trinajstić information content (AvgIpc) is 3.24. The number of rotatable bonds is 5. The number of carbonyl (C=O) groups excluding carboxylic acids is 1. The van der Waals surface area contributed by atoms with E-state index in [9.17, 15) is 13.2 Å². The van der Waals surface area contributed by atoms with Crippen LogP contribution in [0.5, 0.6) is 0 Å². The van der Waals surface area contributed by atoms with Crippen LogP contribution in [0.2, 0.25) is 15.1 Å². The summed E-state index contributed by atoms with van der Waals surface area (Å²) < 4.78 is 25.0. The molecule has 0 aromatic heterocycles. The van der Waals surface area contributed by atoms with E-state index in [0.29, 0.717) is 60.9 Å². The molecule has 2 amide bonds. The molecule has 1 N–H and O–H groups in total. The van der Waals surface area contributed by atoms with Crippen LogP contribution in [-0.2, 0) is 10.0 Å². The zero-order valence-corrected chi connectivity index (χ0v) is 21.8. The third kappa shape index (κ3) is 5.91. The van der Waals surface area contributed by atoms with E-state index < -0.39 is 10.0 Å². The van der Waals surface area contributed by atoms with Crippen LogP contribution in [0.25, 0.3) is 0 Å². The van der Waals surface area contributed by atoms with Crippen molar-refractivity contribution in [3.05, 3.63) is 63.1 Å². The van der Waals surface area contributed by atoms with Crippen LogP contribution < -0.4 is 5.32 Å². The normalized spacial score (nSPS) is 21.6. The fourth-order valence-corrected chi connectivity index (χ4v) is 5.84. The summed E-state index contributed by atoms with van der Waals surface area (Å²) in [4.78, 5) is 16.9. The Hall–Kier alpha value is -1.71. The molecule has 0 radical (unpaired) electrons. The van der Waals surface area contributed by atoms with E-state index >= 15 is 0 Å². The van der Waals surface area contributed by atoms with Crippen LogP contribution in [0.15, 0.2) is 42.5 Å². The molecule has 2 aromatic carbocycles. The lowest BCUT2D eigenvalue weighted by molar-refractivity contribution is 0.141. The van der Waals surface area contributed by atoms with Gasteiger partial charge in [0.1, 0.15) is 0 Å². The molecule has 2 aliphatic heterocycles. The lowest BCUT2D eigenvalue weighted by atomic mass is 9.89. The van der Waals surface area contributed by atoms with Crippen molar-refractivity contribution in [2.45, 2.75) is 5.92 Å². The molecule has 2 aliphatic rings. The molecule has 2 aromatic rings. The van der Waals surface area contributed by atoms with E-state index in [-0.39, 0.29) is 17.9 Å². The van der Waals surface area contributed by atoms with Gasteiger partial charge < -0.3 is 15.1 Å². The van der Waals surface area contributed by atoms with Crippen LogP contribution in [0.1, 0.15) is 11.5 Å². The molecular formula is C23H27Cl3N4O3S. The van der Waals surface area contributed by atoms with Gasteiger partial charge in [-0.15, -0.1) is 0 Å². The fourth-order valence-electron chi connectivity index (χ4n) is 4.58. The van der Waals surface area contributed by atoms with Crippen molar-refractivity contribution in [1.29, 1.82) is 0 Å². The smallest absolute Gasteiger partial charge is 0.320 e. The van der Waals surface area contributed by atoms with E-state index in [1.165, 1.54) is 10.6 Å². The highest BCUT2D eigenvalue weighted by Crippen LogP contribution is 2.36. The zero-order chi connectivity index (χ0) is 24.5. The summed E-state index contributed by atoms with van der Waals surface area (Å²) in [6.45, 7) is 3.19. The molecule has 0 aliphatic carbocycles. The lowest BCUT2D eigenvalue weighted by Crippen LogP contribution is -2.53. The number of hydrogen-bond donors (Lipinski definition) is 1. The number of sulfonamides is 1. The van der Waals surface area contributed by atoms with Crippen molar-refractivity contribution in [2.24, 2.45) is 5.92 Å². The topological polar surface area (TPSA) is 73.0 Å². The average molecular weight is 546 g/mol. The standard InChI is InChI=1S/C23H27Cl3N4O3S/c1-34(32,33)30-10-8-28(9-11-30)23(31)29-14-17(13-27-19-5-3-18(24)4-6-19)20(15-29)16-2-7-21(25)22(26)12-16/h2-7,12,17,20,27H,8-11,13-15H2,1H3/t17?,20-/m1/s1. The van der Waals surface area contributed by atoms with Gasteiger partial charge in [0.2, 0.25) is 10.0 Å². The first-order chi connectivity index (χ1) is 16.1. The zero-order valence-electron chi connectivity index (χ0n) is 18.8. The summed E-state index contributed by atoms with van der Waals surface area (Å²) in [7, 11) is -3.25. The Kier molecular flexibility index (Phi) is 7.84. The molecule has 0 spiro atoms. The minimum atomic E-state index is -3.25. The summed E-state index contributed by atoms with van der Waals surface area (Å²) in [5.41, 5.74) is 1.99. The molecule has 4 rings (SSSR count). The number of urea groups is 1. The van der Waals surface area contributed by atoms with Gasteiger partial charge in [0.05, 0.1) is 16.3 Å². The van der Waals surface area contributed by atoms with Gasteiger partial charge in [0.15, 0.2) is 0 Å². The second-order valence-electron chi connectivity index (χ2n) is 8.76. The highest BCUT2D eigenvalue weighted by Gasteiger charge is 2.38. The van der Waals surface area contributed by atoms with Crippen LogP contribution >= 0.6 is 34.8 Å². The molecule has 2 heterocycles. The van der Waals surface area contributed by atoms with Crippen LogP contribution in [0, 0.1) is 5.92 Å². The number of anilines is 1. The third-order valence-electron chi connectivity index (χ3n) is 6.47. The van der Waals surface area contributed by atoms with E-state index in [4.69, 9.17) is 34.8 Å². The predicted octanol–water partition coefficient (Wildman–Crippen LogP) is 4.47. The van der Waals surface area contributed by atoms with Gasteiger partial charge in [-0.25, -0.2) is 13.2 Å². The third-order valence-corrected chi connectivity index (χ3v) is 8.77. The molecule has 2 fully saturated rings. The van der Waals surface area contributed by atoms with E-state index in [2.05, 4.69) is 5.32 Å². The van der Waals surface area contributed by atoms with Gasteiger partial charge in [0, 0.05) is 68.4 Å². The number of carbonyl (C=O) groups is 1. The Labute approximate surface area is 215 Å². The van der Waals surface area contributed by atoms with E-state index in [0.717, 1.165) is 11.3 Å². The van der Waals surface area contributed by atoms with Gasteiger partial charge >= 0.3 is 6.03 Å². The second kappa shape index (κ2) is 10.5. The number of benzene rings is 2. The molecule has 2 saturated heterocycles. The Morgan fingerprint density at radius 2 is 1.62 bits per heavy atom. The summed E-state index contributed by atoms with van der Waals surface area (Å²) in [5, 5.41) is 5.12. The van der Waals surface area contributed by atoms with Gasteiger partial charge in [-0.05, 0) is 42.0 Å². The van der Waals surface area contributed by atoms with Gasteiger partial charge in [0.25, 0.3) is 0 Å². The molecule has 0 saturated carbocycles. The van der Waals surface area contributed by atoms with Crippen LogP contribution in [-0.4, -0.2) is 80.6 Å². The number of halogens is 3. The summed E-state index contributed by atoms with van der Waals surface area (Å²) >= 11 is 18.4. The number of piperazine rings is 1. The maximum atomic E-state index is 13.3. The predicted molar refractivity (Wildman–Crippen MR) is 138 cm³/mol. The second-order valence-corrected chi connectivity index (χ2v) is 12.0. The minimum Gasteiger partial charge on any atom is -0.385 e. The summed E-state index contributed by atoms with van der Waals surface area (Å²) in [5.74, 6) is 0.227. The molecule has 0 bridgehead atoms. The quantitative estimate of drug-likeness (QED) is 0.602. The van der Waals surface area contributed by atoms with Crippen molar-refractivity contribution in [3.63, 3.8) is 0 Å². The van der Waals surface area contributed by atoms with Gasteiger partial charge in [-0.2, -0.15) is 4.31 Å². The largest absolute Gasteiger partial charge is 0.385 e. The molecule has 1 unspecified atom stereocenters. The molecular weight excluding hydrogens is 519 g/mol. The van der Waals surface area contributed by atoms with Gasteiger partial charge in [-0.3, -0.25) is 0 Å². The Balaban J connectivity index is 1.48. The number of nitrogens with one attached hydrogen (secondary N) is 1. The van der Waals surface area contributed by atoms with Crippen molar-refractivity contribution in [3.8, 4) is 0 Å². The molecule has 2 atom stereocenters. The number of nitrogens with zero attached hydrogens (tertiary/aromatic N) is 3. The maximum absolute atomic E-state index is 13.3. The number of hydrogen-bond acceptors (Lipinski definition) is 4. The Morgan fingerprint density at radius 1 is 0.941 bits per heavy atom. The summed E-state index contributed by atoms with van der Waals surface area (Å²) in [6.07, 6.45) is 1.20. The van der Waals surface area contributed by atoms with Crippen molar-refractivity contribution in [1.82, 2.24) is 14.1 Å². The SMILES string of the molecule is CS(=O)(=O)N1CCN(C(=O)N2CC(CNc3ccc(Cl)cc3)[C@@H](c3ccc(Cl)c(Cl)c3)C2)CC1. The first-order valence-corrected chi connectivity index (χ1v) is 14.0. The Morgan fingerprint density at radius 3 is 2.24 bits per heavy atom. The highest BCUT2D eigenvalue weighted by atomic mass is 35.5. The first-order valence-electron chi connectivity index (χ1n) is 11.0. The molecule has 184 valence electrons. The lowest BCUT2D eigenvalue weighted by Gasteiger charge is -2.35. The number of likely N-dealkylation sites (tertiary alicyclic amines) is 1. The molecule has 11 heteroatoms. The minimum absolute atomic E-state index is 0.0628. The molecule has 7 nitrogen and oxygen atoms in total. The summed E-state index contributed by atoms with van der Waals surface area (Å²) in [6, 6.07) is 13.1. The maximum Gasteiger partial charge on any atom is 0.320 e. The van der Waals surface area contributed by atoms with E-state index in [1.807, 2.05) is 41.3 Å². The first kappa shape index (κ1) is 25.4. The van der Waals surface area contributed by atoms with E-state index in [1.54, 1.807) is 11.0 Å². The Bertz CT molecular complexity index is 1140. The molecule has 34 heavy (non-hydrogen) atoms. The van der Waals surface area contributed by atoms with Crippen molar-refractivity contribution in [2.75, 3.05) is 57.4 Å². The monoisotopic (exact) mass is 544 g/mol. The van der Waals surface area contributed by atoms with Crippen molar-refractivity contribution < 1.29 is 13.2 Å². The fraction of sp³-hybridized carbons (Fsp3) is 0.435. The number of amides is 2. The van der Waals surface area contributed by atoms with Crippen LogP contribution in [0.3, 0.4) is 0 Å².